The fourth-order valence-electron chi connectivity index (χ4n) is 1.30. The Morgan fingerprint density at radius 2 is 2.13 bits per heavy atom. The van der Waals surface area contributed by atoms with Gasteiger partial charge in [-0.15, -0.1) is 0 Å². The van der Waals surface area contributed by atoms with Crippen LogP contribution in [0.1, 0.15) is 33.1 Å². The summed E-state index contributed by atoms with van der Waals surface area (Å²) >= 11 is 0. The number of nitriles is 1. The predicted molar refractivity (Wildman–Crippen MR) is 57.1 cm³/mol. The topological polar surface area (TPSA) is 73.2 Å². The molecular formula is C9H17N3O2S. The summed E-state index contributed by atoms with van der Waals surface area (Å²) in [6, 6.07) is 1.95. The van der Waals surface area contributed by atoms with Crippen LogP contribution < -0.4 is 4.72 Å². The maximum Gasteiger partial charge on any atom is 0.279 e. The molecule has 0 heterocycles. The molecule has 0 radical (unpaired) electrons. The van der Waals surface area contributed by atoms with E-state index < -0.39 is 10.2 Å². The van der Waals surface area contributed by atoms with Crippen molar-refractivity contribution < 1.29 is 8.42 Å². The molecule has 1 aliphatic rings. The second-order valence-corrected chi connectivity index (χ2v) is 5.66. The van der Waals surface area contributed by atoms with E-state index >= 15 is 0 Å². The van der Waals surface area contributed by atoms with Gasteiger partial charge in [-0.05, 0) is 26.7 Å². The molecule has 6 heteroatoms. The van der Waals surface area contributed by atoms with Gasteiger partial charge >= 0.3 is 0 Å². The Bertz CT molecular complexity index is 341. The highest BCUT2D eigenvalue weighted by Crippen LogP contribution is 2.21. The summed E-state index contributed by atoms with van der Waals surface area (Å²) < 4.78 is 27.6. The smallest absolute Gasteiger partial charge is 0.199 e. The molecule has 1 aliphatic carbocycles. The highest BCUT2D eigenvalue weighted by Gasteiger charge is 2.31. The highest BCUT2D eigenvalue weighted by atomic mass is 32.2. The van der Waals surface area contributed by atoms with Gasteiger partial charge in [-0.2, -0.15) is 22.7 Å². The van der Waals surface area contributed by atoms with Crippen molar-refractivity contribution in [2.24, 2.45) is 0 Å². The van der Waals surface area contributed by atoms with Gasteiger partial charge in [0.25, 0.3) is 10.2 Å². The molecule has 0 amide bonds. The zero-order chi connectivity index (χ0) is 11.5. The average molecular weight is 231 g/mol. The van der Waals surface area contributed by atoms with Gasteiger partial charge in [-0.1, -0.05) is 0 Å². The standard InChI is InChI=1S/C9H17N3O2S/c1-8(2)12(7-3-6-10)15(13,14)11-9-4-5-9/h8-9,11H,3-5,7H2,1-2H3. The number of rotatable bonds is 6. The third kappa shape index (κ3) is 3.78. The maximum absolute atomic E-state index is 11.8. The third-order valence-electron chi connectivity index (χ3n) is 2.22. The number of hydrogen-bond acceptors (Lipinski definition) is 3. The minimum atomic E-state index is -3.40. The molecule has 1 saturated carbocycles. The minimum absolute atomic E-state index is 0.110. The predicted octanol–water partition coefficient (Wildman–Crippen LogP) is 0.607. The first kappa shape index (κ1) is 12.4. The second kappa shape index (κ2) is 4.92. The van der Waals surface area contributed by atoms with E-state index in [0.717, 1.165) is 12.8 Å². The first-order valence-electron chi connectivity index (χ1n) is 5.13. The summed E-state index contributed by atoms with van der Waals surface area (Å²) in [5.41, 5.74) is 0. The van der Waals surface area contributed by atoms with Crippen LogP contribution in [0.4, 0.5) is 0 Å². The Morgan fingerprint density at radius 1 is 1.53 bits per heavy atom. The lowest BCUT2D eigenvalue weighted by Crippen LogP contribution is -2.45. The molecule has 15 heavy (non-hydrogen) atoms. The molecule has 0 aromatic rings. The molecule has 5 nitrogen and oxygen atoms in total. The molecule has 0 atom stereocenters. The van der Waals surface area contributed by atoms with Crippen LogP contribution in [0.2, 0.25) is 0 Å². The Hall–Kier alpha value is -0.640. The minimum Gasteiger partial charge on any atom is -0.199 e. The van der Waals surface area contributed by atoms with E-state index in [-0.39, 0.29) is 25.0 Å². The van der Waals surface area contributed by atoms with Crippen molar-refractivity contribution in [3.05, 3.63) is 0 Å². The number of nitrogens with zero attached hydrogens (tertiary/aromatic N) is 2. The van der Waals surface area contributed by atoms with Crippen molar-refractivity contribution in [1.29, 1.82) is 5.26 Å². The van der Waals surface area contributed by atoms with Crippen LogP contribution in [0.3, 0.4) is 0 Å². The van der Waals surface area contributed by atoms with Gasteiger partial charge in [0.15, 0.2) is 0 Å². The van der Waals surface area contributed by atoms with Gasteiger partial charge in [0.1, 0.15) is 0 Å². The van der Waals surface area contributed by atoms with E-state index in [0.29, 0.717) is 0 Å². The first-order valence-corrected chi connectivity index (χ1v) is 6.57. The van der Waals surface area contributed by atoms with E-state index in [9.17, 15) is 8.42 Å². The second-order valence-electron chi connectivity index (χ2n) is 4.01. The third-order valence-corrected chi connectivity index (χ3v) is 4.07. The molecule has 1 rings (SSSR count). The molecule has 0 aromatic heterocycles. The van der Waals surface area contributed by atoms with Crippen molar-refractivity contribution in [2.45, 2.75) is 45.2 Å². The van der Waals surface area contributed by atoms with Crippen LogP contribution in [0, 0.1) is 11.3 Å². The Morgan fingerprint density at radius 3 is 2.53 bits per heavy atom. The van der Waals surface area contributed by atoms with Gasteiger partial charge in [-0.25, -0.2) is 0 Å². The van der Waals surface area contributed by atoms with Gasteiger partial charge in [-0.3, -0.25) is 0 Å². The highest BCUT2D eigenvalue weighted by molar-refractivity contribution is 7.87. The van der Waals surface area contributed by atoms with Crippen molar-refractivity contribution in [3.63, 3.8) is 0 Å². The van der Waals surface area contributed by atoms with E-state index in [2.05, 4.69) is 4.72 Å². The fourth-order valence-corrected chi connectivity index (χ4v) is 2.97. The summed E-state index contributed by atoms with van der Waals surface area (Å²) in [4.78, 5) is 0. The van der Waals surface area contributed by atoms with Gasteiger partial charge in [0, 0.05) is 25.0 Å². The molecule has 0 aliphatic heterocycles. The van der Waals surface area contributed by atoms with E-state index in [1.54, 1.807) is 0 Å². The molecule has 86 valence electrons. The Kier molecular flexibility index (Phi) is 4.08. The van der Waals surface area contributed by atoms with Crippen LogP contribution in [-0.2, 0) is 10.2 Å². The number of hydrogen-bond donors (Lipinski definition) is 1. The lowest BCUT2D eigenvalue weighted by molar-refractivity contribution is 0.354. The quantitative estimate of drug-likeness (QED) is 0.727. The molecule has 0 unspecified atom stereocenters. The normalized spacial score (nSPS) is 17.0. The summed E-state index contributed by atoms with van der Waals surface area (Å²) in [5.74, 6) is 0. The van der Waals surface area contributed by atoms with Gasteiger partial charge in [0.05, 0.1) is 6.07 Å². The van der Waals surface area contributed by atoms with E-state index in [1.165, 1.54) is 4.31 Å². The van der Waals surface area contributed by atoms with E-state index in [1.807, 2.05) is 19.9 Å². The van der Waals surface area contributed by atoms with Crippen molar-refractivity contribution in [2.75, 3.05) is 6.54 Å². The molecule has 0 aromatic carbocycles. The molecule has 1 fully saturated rings. The fraction of sp³-hybridized carbons (Fsp3) is 0.889. The summed E-state index contributed by atoms with van der Waals surface area (Å²) in [5, 5.41) is 8.46. The molecular weight excluding hydrogens is 214 g/mol. The monoisotopic (exact) mass is 231 g/mol. The summed E-state index contributed by atoms with van der Waals surface area (Å²) in [7, 11) is -3.40. The van der Waals surface area contributed by atoms with Crippen molar-refractivity contribution in [3.8, 4) is 6.07 Å². The SMILES string of the molecule is CC(C)N(CCC#N)S(=O)(=O)NC1CC1. The van der Waals surface area contributed by atoms with Gasteiger partial charge < -0.3 is 0 Å². The van der Waals surface area contributed by atoms with Crippen LogP contribution in [-0.4, -0.2) is 31.4 Å². The largest absolute Gasteiger partial charge is 0.279 e. The van der Waals surface area contributed by atoms with Gasteiger partial charge in [0.2, 0.25) is 0 Å². The van der Waals surface area contributed by atoms with Crippen LogP contribution in [0.5, 0.6) is 0 Å². The maximum atomic E-state index is 11.8. The zero-order valence-corrected chi connectivity index (χ0v) is 9.92. The zero-order valence-electron chi connectivity index (χ0n) is 9.10. The Balaban J connectivity index is 2.64. The first-order chi connectivity index (χ1) is 6.97. The van der Waals surface area contributed by atoms with Crippen LogP contribution >= 0.6 is 0 Å². The van der Waals surface area contributed by atoms with Crippen LogP contribution in [0.25, 0.3) is 0 Å². The molecule has 0 spiro atoms. The average Bonchev–Trinajstić information content (AvgIpc) is 2.87. The lowest BCUT2D eigenvalue weighted by atomic mass is 10.3. The molecule has 1 N–H and O–H groups in total. The van der Waals surface area contributed by atoms with Crippen LogP contribution in [0.15, 0.2) is 0 Å². The van der Waals surface area contributed by atoms with Crippen molar-refractivity contribution in [1.82, 2.24) is 9.03 Å². The summed E-state index contributed by atoms with van der Waals surface area (Å²) in [6.45, 7) is 3.88. The van der Waals surface area contributed by atoms with E-state index in [4.69, 9.17) is 5.26 Å². The molecule has 0 bridgehead atoms. The molecule has 0 saturated heterocycles. The van der Waals surface area contributed by atoms with Crippen molar-refractivity contribution >= 4 is 10.2 Å². The summed E-state index contributed by atoms with van der Waals surface area (Å²) in [6.07, 6.45) is 2.07. The lowest BCUT2D eigenvalue weighted by Gasteiger charge is -2.24. The Labute approximate surface area is 91.3 Å². The number of nitrogens with one attached hydrogen (secondary N) is 1.